The van der Waals surface area contributed by atoms with E-state index in [-0.39, 0.29) is 0 Å². The summed E-state index contributed by atoms with van der Waals surface area (Å²) in [6.07, 6.45) is 12.1. The molecule has 0 N–H and O–H groups in total. The van der Waals surface area contributed by atoms with E-state index in [4.69, 9.17) is 0 Å². The maximum Gasteiger partial charge on any atom is -0.00831 e. The van der Waals surface area contributed by atoms with Gasteiger partial charge in [0, 0.05) is 0 Å². The van der Waals surface area contributed by atoms with Crippen LogP contribution in [-0.2, 0) is 0 Å². The zero-order valence-corrected chi connectivity index (χ0v) is 8.56. The molecule has 0 saturated heterocycles. The quantitative estimate of drug-likeness (QED) is 0.589. The van der Waals surface area contributed by atoms with E-state index in [0.29, 0.717) is 5.41 Å². The van der Waals surface area contributed by atoms with Crippen molar-refractivity contribution in [1.29, 1.82) is 0 Å². The van der Waals surface area contributed by atoms with Gasteiger partial charge in [-0.05, 0) is 31.1 Å². The molecule has 0 bridgehead atoms. The van der Waals surface area contributed by atoms with Gasteiger partial charge in [0.1, 0.15) is 0 Å². The molecule has 0 unspecified atom stereocenters. The molecule has 0 aliphatic heterocycles. The van der Waals surface area contributed by atoms with Crippen LogP contribution in [0.1, 0.15) is 46.5 Å². The van der Waals surface area contributed by atoms with Gasteiger partial charge in [-0.1, -0.05) is 44.6 Å². The summed E-state index contributed by atoms with van der Waals surface area (Å²) in [6, 6.07) is 0. The molecule has 0 nitrogen and oxygen atoms in total. The fraction of sp³-hybridized carbons (Fsp3) is 0.667. The molecular weight excluding hydrogens is 144 g/mol. The van der Waals surface area contributed by atoms with Gasteiger partial charge in [-0.2, -0.15) is 0 Å². The first-order valence-electron chi connectivity index (χ1n) is 5.14. The summed E-state index contributed by atoms with van der Waals surface area (Å²) in [4.78, 5) is 0. The van der Waals surface area contributed by atoms with Crippen molar-refractivity contribution in [1.82, 2.24) is 0 Å². The molecule has 12 heavy (non-hydrogen) atoms. The number of rotatable bonds is 3. The molecule has 0 spiro atoms. The zero-order valence-electron chi connectivity index (χ0n) is 8.56. The smallest absolute Gasteiger partial charge is 0.00831 e. The van der Waals surface area contributed by atoms with Crippen LogP contribution in [0.5, 0.6) is 0 Å². The molecule has 0 fully saturated rings. The molecule has 0 amide bonds. The summed E-state index contributed by atoms with van der Waals surface area (Å²) < 4.78 is 0. The van der Waals surface area contributed by atoms with Gasteiger partial charge in [0.15, 0.2) is 0 Å². The molecule has 0 saturated carbocycles. The first kappa shape index (κ1) is 9.57. The predicted octanol–water partition coefficient (Wildman–Crippen LogP) is 4.09. The monoisotopic (exact) mass is 164 g/mol. The van der Waals surface area contributed by atoms with Gasteiger partial charge < -0.3 is 0 Å². The van der Waals surface area contributed by atoms with Gasteiger partial charge in [0.25, 0.3) is 0 Å². The normalized spacial score (nSPS) is 20.8. The first-order chi connectivity index (χ1) is 5.76. The van der Waals surface area contributed by atoms with Crippen LogP contribution in [-0.4, -0.2) is 0 Å². The topological polar surface area (TPSA) is 0 Å². The van der Waals surface area contributed by atoms with Gasteiger partial charge in [-0.15, -0.1) is 0 Å². The van der Waals surface area contributed by atoms with Crippen molar-refractivity contribution >= 4 is 0 Å². The van der Waals surface area contributed by atoms with Crippen LogP contribution in [0.3, 0.4) is 0 Å². The second kappa shape index (κ2) is 3.93. The molecule has 0 aromatic carbocycles. The molecule has 0 radical (unpaired) electrons. The van der Waals surface area contributed by atoms with Crippen molar-refractivity contribution < 1.29 is 0 Å². The second-order valence-electron chi connectivity index (χ2n) is 3.75. The highest BCUT2D eigenvalue weighted by molar-refractivity contribution is 5.26. The Kier molecular flexibility index (Phi) is 3.13. The van der Waals surface area contributed by atoms with Gasteiger partial charge in [0.05, 0.1) is 0 Å². The third kappa shape index (κ3) is 1.80. The van der Waals surface area contributed by atoms with Crippen molar-refractivity contribution in [3.05, 3.63) is 23.8 Å². The molecule has 0 heteroatoms. The largest absolute Gasteiger partial charge is 0.0834 e. The van der Waals surface area contributed by atoms with Gasteiger partial charge in [0.2, 0.25) is 0 Å². The molecule has 0 atom stereocenters. The molecule has 0 heterocycles. The van der Waals surface area contributed by atoms with E-state index in [2.05, 4.69) is 39.0 Å². The molecule has 68 valence electrons. The lowest BCUT2D eigenvalue weighted by Crippen LogP contribution is -2.17. The minimum absolute atomic E-state index is 0.486. The Labute approximate surface area is 76.4 Å². The first-order valence-corrected chi connectivity index (χ1v) is 5.14. The zero-order chi connectivity index (χ0) is 9.03. The van der Waals surface area contributed by atoms with Crippen LogP contribution in [0.25, 0.3) is 0 Å². The summed E-state index contributed by atoms with van der Waals surface area (Å²) in [7, 11) is 0. The average molecular weight is 164 g/mol. The number of hydrogen-bond acceptors (Lipinski definition) is 0. The SMILES string of the molecule is CCC1=CC(CC)(CC)CC=C1. The summed E-state index contributed by atoms with van der Waals surface area (Å²) in [5, 5.41) is 0. The lowest BCUT2D eigenvalue weighted by molar-refractivity contribution is 0.351. The fourth-order valence-corrected chi connectivity index (χ4v) is 1.91. The van der Waals surface area contributed by atoms with Crippen LogP contribution >= 0.6 is 0 Å². The molecule has 1 aliphatic carbocycles. The van der Waals surface area contributed by atoms with Gasteiger partial charge >= 0.3 is 0 Å². The van der Waals surface area contributed by atoms with Gasteiger partial charge in [-0.25, -0.2) is 0 Å². The summed E-state index contributed by atoms with van der Waals surface area (Å²) in [5.74, 6) is 0. The van der Waals surface area contributed by atoms with Crippen molar-refractivity contribution in [2.45, 2.75) is 46.5 Å². The van der Waals surface area contributed by atoms with E-state index in [1.54, 1.807) is 0 Å². The Bertz CT molecular complexity index is 192. The Balaban J connectivity index is 2.80. The maximum atomic E-state index is 2.49. The predicted molar refractivity (Wildman–Crippen MR) is 55.1 cm³/mol. The van der Waals surface area contributed by atoms with E-state index in [0.717, 1.165) is 0 Å². The van der Waals surface area contributed by atoms with Crippen molar-refractivity contribution in [3.8, 4) is 0 Å². The molecular formula is C12H20. The standard InChI is InChI=1S/C12H20/c1-4-11-8-7-9-12(5-2,6-3)10-11/h7-8,10H,4-6,9H2,1-3H3. The Morgan fingerprint density at radius 3 is 2.42 bits per heavy atom. The van der Waals surface area contributed by atoms with Crippen molar-refractivity contribution in [2.24, 2.45) is 5.41 Å². The van der Waals surface area contributed by atoms with E-state index >= 15 is 0 Å². The third-order valence-corrected chi connectivity index (χ3v) is 3.16. The van der Waals surface area contributed by atoms with E-state index < -0.39 is 0 Å². The number of hydrogen-bond donors (Lipinski definition) is 0. The summed E-state index contributed by atoms with van der Waals surface area (Å²) >= 11 is 0. The number of allylic oxidation sites excluding steroid dienone is 4. The van der Waals surface area contributed by atoms with E-state index in [1.807, 2.05) is 0 Å². The van der Waals surface area contributed by atoms with Crippen LogP contribution in [0, 0.1) is 5.41 Å². The highest BCUT2D eigenvalue weighted by Gasteiger charge is 2.23. The van der Waals surface area contributed by atoms with Crippen LogP contribution in [0.4, 0.5) is 0 Å². The molecule has 0 aromatic heterocycles. The van der Waals surface area contributed by atoms with Crippen LogP contribution in [0.15, 0.2) is 23.8 Å². The lowest BCUT2D eigenvalue weighted by Gasteiger charge is -2.30. The molecule has 1 aliphatic rings. The Morgan fingerprint density at radius 1 is 1.25 bits per heavy atom. The highest BCUT2D eigenvalue weighted by atomic mass is 14.3. The second-order valence-corrected chi connectivity index (χ2v) is 3.75. The van der Waals surface area contributed by atoms with Crippen LogP contribution < -0.4 is 0 Å². The Morgan fingerprint density at radius 2 is 1.92 bits per heavy atom. The maximum absolute atomic E-state index is 2.49. The fourth-order valence-electron chi connectivity index (χ4n) is 1.91. The lowest BCUT2D eigenvalue weighted by atomic mass is 9.75. The van der Waals surface area contributed by atoms with Gasteiger partial charge in [-0.3, -0.25) is 0 Å². The van der Waals surface area contributed by atoms with E-state index in [9.17, 15) is 0 Å². The third-order valence-electron chi connectivity index (χ3n) is 3.16. The van der Waals surface area contributed by atoms with Crippen LogP contribution in [0.2, 0.25) is 0 Å². The minimum Gasteiger partial charge on any atom is -0.0834 e. The average Bonchev–Trinajstić information content (AvgIpc) is 2.18. The summed E-state index contributed by atoms with van der Waals surface area (Å²) in [6.45, 7) is 6.83. The van der Waals surface area contributed by atoms with E-state index in [1.165, 1.54) is 31.3 Å². The van der Waals surface area contributed by atoms with Crippen molar-refractivity contribution in [2.75, 3.05) is 0 Å². The molecule has 0 aromatic rings. The Hall–Kier alpha value is -0.520. The molecule has 1 rings (SSSR count). The summed E-state index contributed by atoms with van der Waals surface area (Å²) in [5.41, 5.74) is 2.00. The highest BCUT2D eigenvalue weighted by Crippen LogP contribution is 2.37. The van der Waals surface area contributed by atoms with Crippen molar-refractivity contribution in [3.63, 3.8) is 0 Å². The minimum atomic E-state index is 0.486.